The van der Waals surface area contributed by atoms with Crippen LogP contribution in [-0.2, 0) is 4.79 Å². The Balaban J connectivity index is 1.79. The Labute approximate surface area is 171 Å². The average Bonchev–Trinajstić information content (AvgIpc) is 2.85. The summed E-state index contributed by atoms with van der Waals surface area (Å²) in [6.45, 7) is -0.0536. The van der Waals surface area contributed by atoms with Crippen molar-refractivity contribution in [1.82, 2.24) is 0 Å². The molecule has 4 nitrogen and oxygen atoms in total. The summed E-state index contributed by atoms with van der Waals surface area (Å²) in [4.78, 5) is 18.4. The van der Waals surface area contributed by atoms with Gasteiger partial charge in [-0.15, -0.1) is 13.2 Å². The minimum atomic E-state index is -4.76. The molecule has 30 heavy (non-hydrogen) atoms. The summed E-state index contributed by atoms with van der Waals surface area (Å²) >= 11 is 0. The van der Waals surface area contributed by atoms with E-state index in [4.69, 9.17) is 0 Å². The van der Waals surface area contributed by atoms with Crippen molar-refractivity contribution >= 4 is 17.3 Å². The molecule has 152 valence electrons. The molecule has 0 atom stereocenters. The average molecular weight is 410 g/mol. The monoisotopic (exact) mass is 410 g/mol. The highest BCUT2D eigenvalue weighted by Gasteiger charge is 2.31. The molecule has 0 aromatic heterocycles. The van der Waals surface area contributed by atoms with Crippen LogP contribution in [0.1, 0.15) is 11.1 Å². The van der Waals surface area contributed by atoms with E-state index in [1.165, 1.54) is 24.3 Å². The third kappa shape index (κ3) is 4.05. The Morgan fingerprint density at radius 1 is 0.900 bits per heavy atom. The van der Waals surface area contributed by atoms with Crippen molar-refractivity contribution in [1.29, 1.82) is 0 Å². The fourth-order valence-corrected chi connectivity index (χ4v) is 3.36. The summed E-state index contributed by atoms with van der Waals surface area (Å²) in [6.07, 6.45) is -4.76. The quantitative estimate of drug-likeness (QED) is 0.605. The highest BCUT2D eigenvalue weighted by molar-refractivity contribution is 6.20. The third-order valence-electron chi connectivity index (χ3n) is 4.83. The molecule has 1 amide bonds. The standard InChI is InChI=1S/C23H17F3N2O2/c1-28-20-12-9-17(15-5-3-2-4-6-15)13-19(20)22(27-14-21(28)29)16-7-10-18(11-8-16)30-23(24,25)26/h2-13H,14H2,1H3. The van der Waals surface area contributed by atoms with Gasteiger partial charge in [-0.3, -0.25) is 9.79 Å². The van der Waals surface area contributed by atoms with Gasteiger partial charge in [0.05, 0.1) is 11.4 Å². The molecule has 0 aliphatic carbocycles. The lowest BCUT2D eigenvalue weighted by Crippen LogP contribution is -2.27. The van der Waals surface area contributed by atoms with Gasteiger partial charge < -0.3 is 9.64 Å². The maximum atomic E-state index is 12.5. The Morgan fingerprint density at radius 2 is 1.57 bits per heavy atom. The fourth-order valence-electron chi connectivity index (χ4n) is 3.36. The first-order chi connectivity index (χ1) is 14.3. The molecule has 0 spiro atoms. The summed E-state index contributed by atoms with van der Waals surface area (Å²) in [6, 6.07) is 21.0. The second kappa shape index (κ2) is 7.67. The van der Waals surface area contributed by atoms with Gasteiger partial charge in [-0.2, -0.15) is 0 Å². The van der Waals surface area contributed by atoms with Crippen LogP contribution in [0, 0.1) is 0 Å². The molecule has 0 saturated heterocycles. The van der Waals surface area contributed by atoms with Crippen molar-refractivity contribution in [2.45, 2.75) is 6.36 Å². The Bertz CT molecular complexity index is 1110. The van der Waals surface area contributed by atoms with E-state index in [9.17, 15) is 18.0 Å². The third-order valence-corrected chi connectivity index (χ3v) is 4.83. The van der Waals surface area contributed by atoms with Gasteiger partial charge >= 0.3 is 6.36 Å². The first-order valence-electron chi connectivity index (χ1n) is 9.19. The van der Waals surface area contributed by atoms with Crippen LogP contribution in [0.2, 0.25) is 0 Å². The number of ether oxygens (including phenoxy) is 1. The molecule has 0 fully saturated rings. The minimum absolute atomic E-state index is 0.0536. The topological polar surface area (TPSA) is 41.9 Å². The second-order valence-electron chi connectivity index (χ2n) is 6.79. The van der Waals surface area contributed by atoms with Crippen LogP contribution < -0.4 is 9.64 Å². The Morgan fingerprint density at radius 3 is 2.23 bits per heavy atom. The molecular weight excluding hydrogens is 393 g/mol. The highest BCUT2D eigenvalue weighted by atomic mass is 19.4. The number of anilines is 1. The van der Waals surface area contributed by atoms with Crippen molar-refractivity contribution in [2.24, 2.45) is 4.99 Å². The number of fused-ring (bicyclic) bond motifs is 1. The molecule has 3 aromatic rings. The first kappa shape index (κ1) is 19.7. The summed E-state index contributed by atoms with van der Waals surface area (Å²) in [5.41, 5.74) is 4.51. The van der Waals surface area contributed by atoms with E-state index in [0.717, 1.165) is 16.7 Å². The van der Waals surface area contributed by atoms with Gasteiger partial charge in [0.25, 0.3) is 0 Å². The van der Waals surface area contributed by atoms with E-state index in [2.05, 4.69) is 9.73 Å². The zero-order valence-electron chi connectivity index (χ0n) is 16.0. The molecular formula is C23H17F3N2O2. The Hall–Kier alpha value is -3.61. The highest BCUT2D eigenvalue weighted by Crippen LogP contribution is 2.32. The minimum Gasteiger partial charge on any atom is -0.406 e. The van der Waals surface area contributed by atoms with Crippen LogP contribution in [0.15, 0.2) is 77.8 Å². The molecule has 4 rings (SSSR count). The lowest BCUT2D eigenvalue weighted by atomic mass is 9.95. The van der Waals surface area contributed by atoms with E-state index < -0.39 is 6.36 Å². The smallest absolute Gasteiger partial charge is 0.406 e. The number of hydrogen-bond donors (Lipinski definition) is 0. The van der Waals surface area contributed by atoms with E-state index in [1.54, 1.807) is 11.9 Å². The number of benzodiazepines with no additional fused rings is 1. The number of carbonyl (C=O) groups is 1. The van der Waals surface area contributed by atoms with Gasteiger partial charge in [0.15, 0.2) is 0 Å². The molecule has 0 unspecified atom stereocenters. The van der Waals surface area contributed by atoms with E-state index in [-0.39, 0.29) is 18.2 Å². The number of nitrogens with zero attached hydrogens (tertiary/aromatic N) is 2. The lowest BCUT2D eigenvalue weighted by Gasteiger charge is -2.19. The summed E-state index contributed by atoms with van der Waals surface area (Å²) < 4.78 is 41.3. The van der Waals surface area contributed by atoms with Gasteiger partial charge in [-0.1, -0.05) is 36.4 Å². The van der Waals surface area contributed by atoms with Crippen LogP contribution in [0.5, 0.6) is 5.75 Å². The number of likely N-dealkylation sites (N-methyl/N-ethyl adjacent to an activating group) is 1. The van der Waals surface area contributed by atoms with Gasteiger partial charge in [-0.25, -0.2) is 0 Å². The fraction of sp³-hybridized carbons (Fsp3) is 0.130. The van der Waals surface area contributed by atoms with Crippen molar-refractivity contribution in [3.8, 4) is 16.9 Å². The molecule has 0 bridgehead atoms. The van der Waals surface area contributed by atoms with Gasteiger partial charge in [0.2, 0.25) is 5.91 Å². The first-order valence-corrected chi connectivity index (χ1v) is 9.19. The number of benzene rings is 3. The van der Waals surface area contributed by atoms with Crippen molar-refractivity contribution in [3.63, 3.8) is 0 Å². The largest absolute Gasteiger partial charge is 0.573 e. The molecule has 0 radical (unpaired) electrons. The molecule has 0 N–H and O–H groups in total. The predicted molar refractivity (Wildman–Crippen MR) is 109 cm³/mol. The number of alkyl halides is 3. The molecule has 1 aliphatic heterocycles. The summed E-state index contributed by atoms with van der Waals surface area (Å²) in [7, 11) is 1.68. The zero-order valence-corrected chi connectivity index (χ0v) is 16.0. The number of halogens is 3. The normalized spacial score (nSPS) is 14.1. The zero-order chi connectivity index (χ0) is 21.3. The lowest BCUT2D eigenvalue weighted by molar-refractivity contribution is -0.274. The molecule has 1 aliphatic rings. The van der Waals surface area contributed by atoms with Crippen molar-refractivity contribution in [2.75, 3.05) is 18.5 Å². The van der Waals surface area contributed by atoms with Crippen LogP contribution in [0.25, 0.3) is 11.1 Å². The molecule has 7 heteroatoms. The molecule has 3 aromatic carbocycles. The van der Waals surface area contributed by atoms with E-state index in [0.29, 0.717) is 17.0 Å². The number of rotatable bonds is 3. The van der Waals surface area contributed by atoms with Crippen LogP contribution in [0.3, 0.4) is 0 Å². The molecule has 0 saturated carbocycles. The van der Waals surface area contributed by atoms with Crippen molar-refractivity contribution in [3.05, 3.63) is 83.9 Å². The maximum absolute atomic E-state index is 12.5. The number of hydrogen-bond acceptors (Lipinski definition) is 3. The number of amides is 1. The van der Waals surface area contributed by atoms with E-state index >= 15 is 0 Å². The maximum Gasteiger partial charge on any atom is 0.573 e. The van der Waals surface area contributed by atoms with Gasteiger partial charge in [0.1, 0.15) is 12.3 Å². The predicted octanol–water partition coefficient (Wildman–Crippen LogP) is 5.07. The summed E-state index contributed by atoms with van der Waals surface area (Å²) in [5, 5.41) is 0. The van der Waals surface area contributed by atoms with Crippen LogP contribution >= 0.6 is 0 Å². The molecule has 1 heterocycles. The van der Waals surface area contributed by atoms with Crippen LogP contribution in [0.4, 0.5) is 18.9 Å². The van der Waals surface area contributed by atoms with E-state index in [1.807, 2.05) is 48.5 Å². The van der Waals surface area contributed by atoms with Crippen LogP contribution in [-0.4, -0.2) is 31.6 Å². The summed E-state index contributed by atoms with van der Waals surface area (Å²) in [5.74, 6) is -0.484. The second-order valence-corrected chi connectivity index (χ2v) is 6.79. The van der Waals surface area contributed by atoms with Crippen molar-refractivity contribution < 1.29 is 22.7 Å². The Kier molecular flexibility index (Phi) is 5.03. The number of aliphatic imine (C=N–C) groups is 1. The van der Waals surface area contributed by atoms with Gasteiger partial charge in [0, 0.05) is 18.2 Å². The SMILES string of the molecule is CN1C(=O)CN=C(c2ccc(OC(F)(F)F)cc2)c2cc(-c3ccccc3)ccc21. The van der Waals surface area contributed by atoms with Gasteiger partial charge in [-0.05, 0) is 47.5 Å². The number of carbonyl (C=O) groups excluding carboxylic acids is 1.